The zero-order valence-electron chi connectivity index (χ0n) is 28.7. The van der Waals surface area contributed by atoms with Crippen molar-refractivity contribution >= 4 is 27.5 Å². The Hall–Kier alpha value is -3.00. The number of fused-ring (bicyclic) bond motifs is 1. The molecule has 0 radical (unpaired) electrons. The smallest absolute Gasteiger partial charge is 0.258 e. The molecule has 2 aliphatic rings. The van der Waals surface area contributed by atoms with Gasteiger partial charge in [0, 0.05) is 44.3 Å². The lowest BCUT2D eigenvalue weighted by Gasteiger charge is -2.35. The van der Waals surface area contributed by atoms with Crippen molar-refractivity contribution in [2.24, 2.45) is 11.8 Å². The van der Waals surface area contributed by atoms with Gasteiger partial charge in [0.05, 0.1) is 30.4 Å². The first-order chi connectivity index (χ1) is 22.3. The summed E-state index contributed by atoms with van der Waals surface area (Å²) in [6, 6.07) is 4.60. The summed E-state index contributed by atoms with van der Waals surface area (Å²) < 4.78 is 46.1. The molecule has 1 aromatic carbocycles. The van der Waals surface area contributed by atoms with E-state index in [1.54, 1.807) is 43.9 Å². The van der Waals surface area contributed by atoms with Crippen molar-refractivity contribution in [1.82, 2.24) is 14.4 Å². The van der Waals surface area contributed by atoms with Gasteiger partial charge in [-0.1, -0.05) is 31.3 Å². The van der Waals surface area contributed by atoms with Gasteiger partial charge in [-0.05, 0) is 78.0 Å². The van der Waals surface area contributed by atoms with E-state index in [0.29, 0.717) is 30.0 Å². The van der Waals surface area contributed by atoms with Crippen LogP contribution >= 0.6 is 0 Å². The summed E-state index contributed by atoms with van der Waals surface area (Å²) >= 11 is 0. The average Bonchev–Trinajstić information content (AvgIpc) is 3.40. The van der Waals surface area contributed by atoms with Gasteiger partial charge in [-0.3, -0.25) is 9.59 Å². The second-order valence-corrected chi connectivity index (χ2v) is 15.3. The Morgan fingerprint density at radius 2 is 1.83 bits per heavy atom. The Balaban J connectivity index is 1.64. The van der Waals surface area contributed by atoms with Crippen molar-refractivity contribution in [3.05, 3.63) is 35.2 Å². The molecule has 1 aliphatic heterocycles. The fourth-order valence-corrected chi connectivity index (χ4v) is 7.89. The maximum Gasteiger partial charge on any atom is 0.258 e. The van der Waals surface area contributed by atoms with E-state index in [-0.39, 0.29) is 65.8 Å². The molecule has 2 aromatic rings. The number of aliphatic hydroxyl groups is 1. The minimum atomic E-state index is -3.93. The maximum absolute atomic E-state index is 14.4. The first-order valence-electron chi connectivity index (χ1n) is 16.9. The number of likely N-dealkylation sites (N-methyl/N-ethyl adjacent to an activating group) is 1. The van der Waals surface area contributed by atoms with E-state index in [2.05, 4.69) is 10.5 Å². The quantitative estimate of drug-likeness (QED) is 0.397. The van der Waals surface area contributed by atoms with E-state index < -0.39 is 22.2 Å². The second-order valence-electron chi connectivity index (χ2n) is 13.3. The molecule has 13 heteroatoms. The van der Waals surface area contributed by atoms with Gasteiger partial charge in [-0.25, -0.2) is 8.42 Å². The molecule has 2 amide bonds. The standard InChI is InChI=1S/C34H52N4O8S/c1-22-19-38(23(2)21-39)34(41)29-18-28(35-33(40)27-13-8-7-9-14-27)15-16-30(29)45-24(3)12-10-11-17-44-31(22)20-37(6)47(42,43)32-25(4)36-46-26(32)5/h15-16,18,22-24,27,31,39H,7-14,17,19-21H2,1-6H3,(H,35,40)/t22-,23+,24-,31+/m1/s1. The van der Waals surface area contributed by atoms with Crippen LogP contribution in [0, 0.1) is 25.7 Å². The lowest BCUT2D eigenvalue weighted by molar-refractivity contribution is -0.120. The summed E-state index contributed by atoms with van der Waals surface area (Å²) in [6.45, 7) is 9.12. The normalized spacial score (nSPS) is 23.1. The molecule has 4 atom stereocenters. The van der Waals surface area contributed by atoms with Gasteiger partial charge in [0.25, 0.3) is 5.91 Å². The maximum atomic E-state index is 14.4. The molecule has 0 saturated heterocycles. The van der Waals surface area contributed by atoms with Gasteiger partial charge in [-0.15, -0.1) is 0 Å². The number of carbonyl (C=O) groups is 2. The number of benzene rings is 1. The molecule has 2 heterocycles. The van der Waals surface area contributed by atoms with E-state index in [9.17, 15) is 23.1 Å². The molecule has 1 fully saturated rings. The third kappa shape index (κ3) is 9.13. The summed E-state index contributed by atoms with van der Waals surface area (Å²) in [4.78, 5) is 29.1. The van der Waals surface area contributed by atoms with Crippen LogP contribution in [0.25, 0.3) is 0 Å². The lowest BCUT2D eigenvalue weighted by Crippen LogP contribution is -2.48. The number of nitrogens with one attached hydrogen (secondary N) is 1. The molecular weight excluding hydrogens is 624 g/mol. The molecule has 47 heavy (non-hydrogen) atoms. The third-order valence-corrected chi connectivity index (χ3v) is 11.4. The number of sulfonamides is 1. The Kier molecular flexibility index (Phi) is 12.9. The highest BCUT2D eigenvalue weighted by Gasteiger charge is 2.34. The number of nitrogens with zero attached hydrogens (tertiary/aromatic N) is 3. The van der Waals surface area contributed by atoms with Crippen molar-refractivity contribution in [2.75, 3.05) is 38.7 Å². The van der Waals surface area contributed by atoms with Crippen LogP contribution in [0.3, 0.4) is 0 Å². The zero-order valence-corrected chi connectivity index (χ0v) is 29.5. The fourth-order valence-electron chi connectivity index (χ4n) is 6.42. The summed E-state index contributed by atoms with van der Waals surface area (Å²) in [5.74, 6) is -0.148. The molecular formula is C34H52N4O8S. The summed E-state index contributed by atoms with van der Waals surface area (Å²) in [5, 5.41) is 17.1. The second kappa shape index (κ2) is 16.4. The van der Waals surface area contributed by atoms with Gasteiger partial charge in [0.2, 0.25) is 15.9 Å². The van der Waals surface area contributed by atoms with Crippen LogP contribution in [-0.2, 0) is 19.6 Å². The number of aryl methyl sites for hydroxylation is 2. The van der Waals surface area contributed by atoms with Crippen LogP contribution in [0.2, 0.25) is 0 Å². The van der Waals surface area contributed by atoms with Gasteiger partial charge in [0.15, 0.2) is 5.76 Å². The summed E-state index contributed by atoms with van der Waals surface area (Å²) in [6.07, 6.45) is 6.43. The molecule has 262 valence electrons. The van der Waals surface area contributed by atoms with E-state index in [0.717, 1.165) is 44.9 Å². The van der Waals surface area contributed by atoms with E-state index in [4.69, 9.17) is 14.0 Å². The Labute approximate surface area is 279 Å². The SMILES string of the molecule is Cc1noc(C)c1S(=O)(=O)N(C)C[C@@H]1OCCCC[C@@H](C)Oc2ccc(NC(=O)C3CCCCC3)cc2C(=O)N([C@@H](C)CO)C[C@H]1C. The zero-order chi connectivity index (χ0) is 34.3. The minimum Gasteiger partial charge on any atom is -0.490 e. The first-order valence-corrected chi connectivity index (χ1v) is 18.3. The number of rotatable bonds is 8. The molecule has 1 saturated carbocycles. The predicted molar refractivity (Wildman–Crippen MR) is 178 cm³/mol. The monoisotopic (exact) mass is 676 g/mol. The van der Waals surface area contributed by atoms with Crippen LogP contribution in [0.15, 0.2) is 27.6 Å². The molecule has 1 aliphatic carbocycles. The number of hydrogen-bond acceptors (Lipinski definition) is 9. The Bertz CT molecular complexity index is 1450. The fraction of sp³-hybridized carbons (Fsp3) is 0.676. The molecule has 1 aromatic heterocycles. The van der Waals surface area contributed by atoms with Crippen LogP contribution in [0.1, 0.15) is 93.9 Å². The minimum absolute atomic E-state index is 0.0382. The number of aromatic nitrogens is 1. The van der Waals surface area contributed by atoms with Crippen molar-refractivity contribution in [2.45, 2.75) is 109 Å². The van der Waals surface area contributed by atoms with Crippen molar-refractivity contribution in [1.29, 1.82) is 0 Å². The van der Waals surface area contributed by atoms with Crippen LogP contribution < -0.4 is 10.1 Å². The average molecular weight is 677 g/mol. The van der Waals surface area contributed by atoms with E-state index in [1.807, 2.05) is 13.8 Å². The molecule has 12 nitrogen and oxygen atoms in total. The Morgan fingerprint density at radius 1 is 1.13 bits per heavy atom. The summed E-state index contributed by atoms with van der Waals surface area (Å²) in [7, 11) is -2.43. The molecule has 0 spiro atoms. The highest BCUT2D eigenvalue weighted by atomic mass is 32.2. The largest absolute Gasteiger partial charge is 0.490 e. The van der Waals surface area contributed by atoms with Crippen molar-refractivity contribution < 1.29 is 37.1 Å². The molecule has 0 unspecified atom stereocenters. The number of ether oxygens (including phenoxy) is 2. The molecule has 0 bridgehead atoms. The Morgan fingerprint density at radius 3 is 2.49 bits per heavy atom. The van der Waals surface area contributed by atoms with Gasteiger partial charge in [0.1, 0.15) is 16.3 Å². The third-order valence-electron chi connectivity index (χ3n) is 9.37. The van der Waals surface area contributed by atoms with Gasteiger partial charge >= 0.3 is 0 Å². The van der Waals surface area contributed by atoms with Gasteiger partial charge in [-0.2, -0.15) is 4.31 Å². The van der Waals surface area contributed by atoms with E-state index >= 15 is 0 Å². The first kappa shape index (κ1) is 36.8. The van der Waals surface area contributed by atoms with Gasteiger partial charge < -0.3 is 29.3 Å². The number of amides is 2. The van der Waals surface area contributed by atoms with Crippen LogP contribution in [0.4, 0.5) is 5.69 Å². The van der Waals surface area contributed by atoms with E-state index in [1.165, 1.54) is 11.4 Å². The highest BCUT2D eigenvalue weighted by Crippen LogP contribution is 2.31. The summed E-state index contributed by atoms with van der Waals surface area (Å²) in [5.41, 5.74) is 1.09. The number of carbonyl (C=O) groups excluding carboxylic acids is 2. The molecule has 4 rings (SSSR count). The predicted octanol–water partition coefficient (Wildman–Crippen LogP) is 4.93. The lowest BCUT2D eigenvalue weighted by atomic mass is 9.88. The highest BCUT2D eigenvalue weighted by molar-refractivity contribution is 7.89. The van der Waals surface area contributed by atoms with Crippen molar-refractivity contribution in [3.63, 3.8) is 0 Å². The van der Waals surface area contributed by atoms with Crippen LogP contribution in [0.5, 0.6) is 5.75 Å². The molecule has 2 N–H and O–H groups in total. The number of hydrogen-bond donors (Lipinski definition) is 2. The topological polar surface area (TPSA) is 152 Å². The number of aliphatic hydroxyl groups excluding tert-OH is 1. The number of anilines is 1. The van der Waals surface area contributed by atoms with Crippen molar-refractivity contribution in [3.8, 4) is 5.75 Å². The van der Waals surface area contributed by atoms with Crippen LogP contribution in [-0.4, -0.2) is 91.3 Å².